The Morgan fingerprint density at radius 2 is 1.95 bits per heavy atom. The first kappa shape index (κ1) is 13.4. The third-order valence-corrected chi connectivity index (χ3v) is 4.37. The summed E-state index contributed by atoms with van der Waals surface area (Å²) >= 11 is 0. The lowest BCUT2D eigenvalue weighted by atomic mass is 9.82. The molecule has 108 valence electrons. The number of aromatic nitrogens is 3. The van der Waals surface area contributed by atoms with Crippen LogP contribution in [-0.2, 0) is 0 Å². The SMILES string of the molecule is CN(C)c1ccc2[nH]c(C3CCC(CN)CC3)nc2n1. The molecule has 1 aliphatic carbocycles. The Labute approximate surface area is 119 Å². The van der Waals surface area contributed by atoms with Gasteiger partial charge in [-0.3, -0.25) is 0 Å². The number of imidazole rings is 1. The normalized spacial score (nSPS) is 23.1. The molecule has 0 atom stereocenters. The minimum absolute atomic E-state index is 0.537. The van der Waals surface area contributed by atoms with Crippen molar-refractivity contribution in [1.82, 2.24) is 15.0 Å². The molecular weight excluding hydrogens is 250 g/mol. The lowest BCUT2D eigenvalue weighted by molar-refractivity contribution is 0.326. The zero-order valence-electron chi connectivity index (χ0n) is 12.3. The number of aromatic amines is 1. The average molecular weight is 273 g/mol. The zero-order valence-corrected chi connectivity index (χ0v) is 12.3. The highest BCUT2D eigenvalue weighted by atomic mass is 15.1. The maximum Gasteiger partial charge on any atom is 0.179 e. The van der Waals surface area contributed by atoms with Crippen LogP contribution >= 0.6 is 0 Å². The molecular formula is C15H23N5. The van der Waals surface area contributed by atoms with Gasteiger partial charge in [-0.15, -0.1) is 0 Å². The van der Waals surface area contributed by atoms with E-state index in [9.17, 15) is 0 Å². The second-order valence-corrected chi connectivity index (χ2v) is 6.01. The summed E-state index contributed by atoms with van der Waals surface area (Å²) in [5.74, 6) is 3.28. The lowest BCUT2D eigenvalue weighted by Crippen LogP contribution is -2.21. The third kappa shape index (κ3) is 2.50. The van der Waals surface area contributed by atoms with Crippen LogP contribution in [0.5, 0.6) is 0 Å². The molecule has 2 aromatic rings. The van der Waals surface area contributed by atoms with Crippen molar-refractivity contribution < 1.29 is 0 Å². The molecule has 5 heteroatoms. The van der Waals surface area contributed by atoms with Crippen molar-refractivity contribution in [2.24, 2.45) is 11.7 Å². The van der Waals surface area contributed by atoms with Gasteiger partial charge in [0.1, 0.15) is 11.6 Å². The van der Waals surface area contributed by atoms with Crippen LogP contribution in [-0.4, -0.2) is 35.6 Å². The first-order chi connectivity index (χ1) is 9.67. The second kappa shape index (κ2) is 5.40. The van der Waals surface area contributed by atoms with E-state index in [0.29, 0.717) is 11.8 Å². The predicted octanol–water partition coefficient (Wildman–Crippen LogP) is 2.26. The molecule has 0 radical (unpaired) electrons. The number of pyridine rings is 1. The quantitative estimate of drug-likeness (QED) is 0.900. The molecule has 0 saturated heterocycles. The van der Waals surface area contributed by atoms with E-state index in [2.05, 4.69) is 16.0 Å². The lowest BCUT2D eigenvalue weighted by Gasteiger charge is -2.26. The van der Waals surface area contributed by atoms with Gasteiger partial charge in [-0.1, -0.05) is 0 Å². The highest BCUT2D eigenvalue weighted by molar-refractivity contribution is 5.73. The Balaban J connectivity index is 1.82. The van der Waals surface area contributed by atoms with E-state index in [1.807, 2.05) is 25.1 Å². The number of nitrogens with one attached hydrogen (secondary N) is 1. The van der Waals surface area contributed by atoms with E-state index in [0.717, 1.165) is 29.4 Å². The summed E-state index contributed by atoms with van der Waals surface area (Å²) in [4.78, 5) is 14.7. The molecule has 2 aromatic heterocycles. The maximum atomic E-state index is 5.76. The van der Waals surface area contributed by atoms with Crippen molar-refractivity contribution in [1.29, 1.82) is 0 Å². The predicted molar refractivity (Wildman–Crippen MR) is 82.0 cm³/mol. The molecule has 0 aromatic carbocycles. The summed E-state index contributed by atoms with van der Waals surface area (Å²) in [7, 11) is 3.99. The second-order valence-electron chi connectivity index (χ2n) is 6.01. The molecule has 0 amide bonds. The molecule has 3 N–H and O–H groups in total. The van der Waals surface area contributed by atoms with Gasteiger partial charge in [-0.2, -0.15) is 0 Å². The van der Waals surface area contributed by atoms with Crippen molar-refractivity contribution in [3.05, 3.63) is 18.0 Å². The standard InChI is InChI=1S/C15H23N5/c1-20(2)13-8-7-12-15(18-13)19-14(17-12)11-5-3-10(9-16)4-6-11/h7-8,10-11H,3-6,9,16H2,1-2H3,(H,17,18,19). The molecule has 2 heterocycles. The third-order valence-electron chi connectivity index (χ3n) is 4.37. The van der Waals surface area contributed by atoms with E-state index >= 15 is 0 Å². The van der Waals surface area contributed by atoms with Gasteiger partial charge >= 0.3 is 0 Å². The summed E-state index contributed by atoms with van der Waals surface area (Å²) in [5.41, 5.74) is 7.62. The van der Waals surface area contributed by atoms with Gasteiger partial charge in [0.2, 0.25) is 0 Å². The number of hydrogen-bond donors (Lipinski definition) is 2. The van der Waals surface area contributed by atoms with E-state index in [-0.39, 0.29) is 0 Å². The summed E-state index contributed by atoms with van der Waals surface area (Å²) in [5, 5.41) is 0. The van der Waals surface area contributed by atoms with Crippen molar-refractivity contribution >= 4 is 17.0 Å². The number of nitrogens with two attached hydrogens (primary N) is 1. The van der Waals surface area contributed by atoms with Crippen LogP contribution in [0.3, 0.4) is 0 Å². The summed E-state index contributed by atoms with van der Waals surface area (Å²) in [6.07, 6.45) is 4.80. The molecule has 5 nitrogen and oxygen atoms in total. The van der Waals surface area contributed by atoms with Crippen molar-refractivity contribution in [2.75, 3.05) is 25.5 Å². The smallest absolute Gasteiger partial charge is 0.179 e. The fourth-order valence-corrected chi connectivity index (χ4v) is 3.02. The van der Waals surface area contributed by atoms with Crippen LogP contribution in [0.2, 0.25) is 0 Å². The molecule has 1 aliphatic rings. The van der Waals surface area contributed by atoms with Crippen LogP contribution in [0.25, 0.3) is 11.2 Å². The molecule has 20 heavy (non-hydrogen) atoms. The van der Waals surface area contributed by atoms with Crippen LogP contribution in [0.4, 0.5) is 5.82 Å². The average Bonchev–Trinajstić information content (AvgIpc) is 2.90. The first-order valence-corrected chi connectivity index (χ1v) is 7.41. The first-order valence-electron chi connectivity index (χ1n) is 7.41. The van der Waals surface area contributed by atoms with Crippen molar-refractivity contribution in [3.8, 4) is 0 Å². The van der Waals surface area contributed by atoms with E-state index in [1.54, 1.807) is 0 Å². The Kier molecular flexibility index (Phi) is 3.61. The Morgan fingerprint density at radius 3 is 2.60 bits per heavy atom. The topological polar surface area (TPSA) is 70.8 Å². The summed E-state index contributed by atoms with van der Waals surface area (Å²) in [6.45, 7) is 0.820. The van der Waals surface area contributed by atoms with Gasteiger partial charge in [-0.25, -0.2) is 9.97 Å². The van der Waals surface area contributed by atoms with Crippen LogP contribution in [0.1, 0.15) is 37.4 Å². The molecule has 0 bridgehead atoms. The number of hydrogen-bond acceptors (Lipinski definition) is 4. The Hall–Kier alpha value is -1.62. The van der Waals surface area contributed by atoms with Crippen LogP contribution in [0.15, 0.2) is 12.1 Å². The molecule has 1 fully saturated rings. The number of rotatable bonds is 3. The Bertz CT molecular complexity index is 581. The number of fused-ring (bicyclic) bond motifs is 1. The monoisotopic (exact) mass is 273 g/mol. The maximum absolute atomic E-state index is 5.76. The highest BCUT2D eigenvalue weighted by Gasteiger charge is 2.24. The highest BCUT2D eigenvalue weighted by Crippen LogP contribution is 2.34. The molecule has 0 spiro atoms. The fourth-order valence-electron chi connectivity index (χ4n) is 3.02. The van der Waals surface area contributed by atoms with Gasteiger partial charge < -0.3 is 15.6 Å². The summed E-state index contributed by atoms with van der Waals surface area (Å²) < 4.78 is 0. The van der Waals surface area contributed by atoms with E-state index < -0.39 is 0 Å². The fraction of sp³-hybridized carbons (Fsp3) is 0.600. The van der Waals surface area contributed by atoms with Crippen LogP contribution < -0.4 is 10.6 Å². The minimum Gasteiger partial charge on any atom is -0.363 e. The number of H-pyrrole nitrogens is 1. The van der Waals surface area contributed by atoms with Crippen LogP contribution in [0, 0.1) is 5.92 Å². The number of nitrogens with zero attached hydrogens (tertiary/aromatic N) is 3. The molecule has 1 saturated carbocycles. The van der Waals surface area contributed by atoms with E-state index in [1.165, 1.54) is 25.7 Å². The van der Waals surface area contributed by atoms with Crippen molar-refractivity contribution in [2.45, 2.75) is 31.6 Å². The van der Waals surface area contributed by atoms with Gasteiger partial charge in [0.15, 0.2) is 5.65 Å². The van der Waals surface area contributed by atoms with Gasteiger partial charge in [0, 0.05) is 20.0 Å². The largest absolute Gasteiger partial charge is 0.363 e. The zero-order chi connectivity index (χ0) is 14.1. The minimum atomic E-state index is 0.537. The molecule has 3 rings (SSSR count). The van der Waals surface area contributed by atoms with Gasteiger partial charge in [0.05, 0.1) is 5.52 Å². The van der Waals surface area contributed by atoms with Gasteiger partial charge in [0.25, 0.3) is 0 Å². The summed E-state index contributed by atoms with van der Waals surface area (Å²) in [6, 6.07) is 4.09. The number of anilines is 1. The molecule has 0 unspecified atom stereocenters. The Morgan fingerprint density at radius 1 is 1.20 bits per heavy atom. The van der Waals surface area contributed by atoms with E-state index in [4.69, 9.17) is 10.7 Å². The molecule has 0 aliphatic heterocycles. The van der Waals surface area contributed by atoms with Gasteiger partial charge in [-0.05, 0) is 50.3 Å². The van der Waals surface area contributed by atoms with Crippen molar-refractivity contribution in [3.63, 3.8) is 0 Å².